The van der Waals surface area contributed by atoms with Crippen LogP contribution in [0.2, 0.25) is 0 Å². The maximum absolute atomic E-state index is 12.5. The van der Waals surface area contributed by atoms with Gasteiger partial charge in [0.15, 0.2) is 5.92 Å². The lowest BCUT2D eigenvalue weighted by Gasteiger charge is -2.37. The van der Waals surface area contributed by atoms with Crippen LogP contribution in [0.1, 0.15) is 25.5 Å². The Hall–Kier alpha value is -1.92. The first-order valence-electron chi connectivity index (χ1n) is 8.39. The van der Waals surface area contributed by atoms with Crippen molar-refractivity contribution >= 4 is 11.9 Å². The van der Waals surface area contributed by atoms with Gasteiger partial charge in [-0.3, -0.25) is 14.5 Å². The predicted octanol–water partition coefficient (Wildman–Crippen LogP) is 1.80. The summed E-state index contributed by atoms with van der Waals surface area (Å²) in [5.74, 6) is -2.10. The first-order chi connectivity index (χ1) is 11.7. The van der Waals surface area contributed by atoms with Gasteiger partial charge in [0.25, 0.3) is 0 Å². The van der Waals surface area contributed by atoms with Gasteiger partial charge in [0.2, 0.25) is 0 Å². The van der Waals surface area contributed by atoms with Crippen molar-refractivity contribution in [3.8, 4) is 0 Å². The van der Waals surface area contributed by atoms with E-state index in [1.807, 2.05) is 30.3 Å². The largest absolute Gasteiger partial charge is 0.465 e. The van der Waals surface area contributed by atoms with E-state index in [0.29, 0.717) is 26.3 Å². The van der Waals surface area contributed by atoms with Gasteiger partial charge in [0.1, 0.15) is 0 Å². The van der Waals surface area contributed by atoms with E-state index in [9.17, 15) is 9.59 Å². The molecule has 1 aliphatic rings. The molecule has 132 valence electrons. The van der Waals surface area contributed by atoms with E-state index in [1.165, 1.54) is 0 Å². The summed E-state index contributed by atoms with van der Waals surface area (Å²) < 4.78 is 15.7. The van der Waals surface area contributed by atoms with Crippen LogP contribution in [0.5, 0.6) is 0 Å². The fourth-order valence-corrected chi connectivity index (χ4v) is 2.94. The molecule has 24 heavy (non-hydrogen) atoms. The van der Waals surface area contributed by atoms with Gasteiger partial charge in [-0.05, 0) is 19.4 Å². The maximum atomic E-state index is 12.5. The lowest BCUT2D eigenvalue weighted by molar-refractivity contribution is -0.166. The SMILES string of the molecule is CCOC(=O)C(C(=O)OCC)[C@H](c1ccccc1)N1CCOCC1. The van der Waals surface area contributed by atoms with Crippen molar-refractivity contribution in [1.82, 2.24) is 4.90 Å². The molecule has 1 aliphatic heterocycles. The summed E-state index contributed by atoms with van der Waals surface area (Å²) in [5.41, 5.74) is 0.894. The molecular weight excluding hydrogens is 310 g/mol. The van der Waals surface area contributed by atoms with Gasteiger partial charge in [-0.25, -0.2) is 0 Å². The number of esters is 2. The van der Waals surface area contributed by atoms with Crippen molar-refractivity contribution in [2.24, 2.45) is 5.92 Å². The second-order valence-corrected chi connectivity index (χ2v) is 5.49. The van der Waals surface area contributed by atoms with Gasteiger partial charge in [-0.15, -0.1) is 0 Å². The number of hydrogen-bond donors (Lipinski definition) is 0. The summed E-state index contributed by atoms with van der Waals surface area (Å²) in [4.78, 5) is 27.2. The summed E-state index contributed by atoms with van der Waals surface area (Å²) in [6.07, 6.45) is 0. The minimum absolute atomic E-state index is 0.222. The van der Waals surface area contributed by atoms with Gasteiger partial charge >= 0.3 is 11.9 Å². The lowest BCUT2D eigenvalue weighted by atomic mass is 9.91. The molecule has 2 rings (SSSR count). The number of hydrogen-bond acceptors (Lipinski definition) is 6. The predicted molar refractivity (Wildman–Crippen MR) is 88.3 cm³/mol. The van der Waals surface area contributed by atoms with Crippen LogP contribution in [0.3, 0.4) is 0 Å². The molecule has 0 aliphatic carbocycles. The Morgan fingerprint density at radius 3 is 2.08 bits per heavy atom. The number of ether oxygens (including phenoxy) is 3. The highest BCUT2D eigenvalue weighted by atomic mass is 16.6. The minimum atomic E-state index is -1.01. The van der Waals surface area contributed by atoms with Crippen molar-refractivity contribution in [2.45, 2.75) is 19.9 Å². The smallest absolute Gasteiger partial charge is 0.322 e. The Balaban J connectivity index is 2.38. The Labute approximate surface area is 142 Å². The molecule has 0 radical (unpaired) electrons. The number of nitrogens with zero attached hydrogens (tertiary/aromatic N) is 1. The molecule has 1 aromatic carbocycles. The van der Waals surface area contributed by atoms with Crippen molar-refractivity contribution < 1.29 is 23.8 Å². The quantitative estimate of drug-likeness (QED) is 0.559. The number of benzene rings is 1. The van der Waals surface area contributed by atoms with E-state index in [4.69, 9.17) is 14.2 Å². The van der Waals surface area contributed by atoms with Crippen LogP contribution in [0.4, 0.5) is 0 Å². The fraction of sp³-hybridized carbons (Fsp3) is 0.556. The number of morpholine rings is 1. The molecule has 0 bridgehead atoms. The standard InChI is InChI=1S/C18H25NO5/c1-3-23-17(20)15(18(21)24-4-2)16(14-8-6-5-7-9-14)19-10-12-22-13-11-19/h5-9,15-16H,3-4,10-13H2,1-2H3/t16-/m0/s1. The van der Waals surface area contributed by atoms with Gasteiger partial charge in [0, 0.05) is 13.1 Å². The Bertz CT molecular complexity index is 509. The zero-order chi connectivity index (χ0) is 17.4. The third kappa shape index (κ3) is 4.55. The molecule has 0 aromatic heterocycles. The van der Waals surface area contributed by atoms with Gasteiger partial charge in [-0.2, -0.15) is 0 Å². The molecule has 1 aromatic rings. The van der Waals surface area contributed by atoms with Crippen LogP contribution in [0.15, 0.2) is 30.3 Å². The van der Waals surface area contributed by atoms with Crippen molar-refractivity contribution in [3.05, 3.63) is 35.9 Å². The molecular formula is C18H25NO5. The van der Waals surface area contributed by atoms with Gasteiger partial charge in [0.05, 0.1) is 32.5 Å². The van der Waals surface area contributed by atoms with Gasteiger partial charge < -0.3 is 14.2 Å². The van der Waals surface area contributed by atoms with Crippen LogP contribution < -0.4 is 0 Å². The van der Waals surface area contributed by atoms with E-state index in [2.05, 4.69) is 4.90 Å². The van der Waals surface area contributed by atoms with E-state index in [1.54, 1.807) is 13.8 Å². The topological polar surface area (TPSA) is 65.1 Å². The molecule has 0 amide bonds. The molecule has 1 heterocycles. The normalized spacial score (nSPS) is 16.6. The monoisotopic (exact) mass is 335 g/mol. The van der Waals surface area contributed by atoms with Crippen molar-refractivity contribution in [1.29, 1.82) is 0 Å². The van der Waals surface area contributed by atoms with Crippen molar-refractivity contribution in [3.63, 3.8) is 0 Å². The third-order valence-electron chi connectivity index (χ3n) is 3.98. The molecule has 6 heteroatoms. The molecule has 0 saturated carbocycles. The second-order valence-electron chi connectivity index (χ2n) is 5.49. The van der Waals surface area contributed by atoms with Gasteiger partial charge in [-0.1, -0.05) is 30.3 Å². The van der Waals surface area contributed by atoms with Crippen LogP contribution in [0.25, 0.3) is 0 Å². The first kappa shape index (κ1) is 18.4. The average Bonchev–Trinajstić information content (AvgIpc) is 2.61. The van der Waals surface area contributed by atoms with Crippen LogP contribution in [0, 0.1) is 5.92 Å². The third-order valence-corrected chi connectivity index (χ3v) is 3.98. The minimum Gasteiger partial charge on any atom is -0.465 e. The number of carbonyl (C=O) groups excluding carboxylic acids is 2. The fourth-order valence-electron chi connectivity index (χ4n) is 2.94. The summed E-state index contributed by atoms with van der Waals surface area (Å²) in [6.45, 7) is 6.34. The number of carbonyl (C=O) groups is 2. The Morgan fingerprint density at radius 2 is 1.58 bits per heavy atom. The zero-order valence-electron chi connectivity index (χ0n) is 14.3. The summed E-state index contributed by atoms with van der Waals surface area (Å²) in [5, 5.41) is 0. The summed E-state index contributed by atoms with van der Waals surface area (Å²) >= 11 is 0. The molecule has 6 nitrogen and oxygen atoms in total. The van der Waals surface area contributed by atoms with E-state index in [0.717, 1.165) is 5.56 Å². The van der Waals surface area contributed by atoms with Crippen LogP contribution in [-0.4, -0.2) is 56.4 Å². The lowest BCUT2D eigenvalue weighted by Crippen LogP contribution is -2.46. The molecule has 0 unspecified atom stereocenters. The van der Waals surface area contributed by atoms with E-state index in [-0.39, 0.29) is 13.2 Å². The van der Waals surface area contributed by atoms with Crippen molar-refractivity contribution in [2.75, 3.05) is 39.5 Å². The highest BCUT2D eigenvalue weighted by molar-refractivity contribution is 5.96. The van der Waals surface area contributed by atoms with E-state index >= 15 is 0 Å². The highest BCUT2D eigenvalue weighted by Crippen LogP contribution is 2.31. The first-order valence-corrected chi connectivity index (χ1v) is 8.39. The molecule has 1 fully saturated rings. The second kappa shape index (κ2) is 9.39. The highest BCUT2D eigenvalue weighted by Gasteiger charge is 2.42. The van der Waals surface area contributed by atoms with Crippen LogP contribution >= 0.6 is 0 Å². The zero-order valence-corrected chi connectivity index (χ0v) is 14.3. The molecule has 1 saturated heterocycles. The Morgan fingerprint density at radius 1 is 1.04 bits per heavy atom. The van der Waals surface area contributed by atoms with E-state index < -0.39 is 23.9 Å². The Kier molecular flexibility index (Phi) is 7.21. The average molecular weight is 335 g/mol. The summed E-state index contributed by atoms with van der Waals surface area (Å²) in [7, 11) is 0. The number of rotatable bonds is 7. The molecule has 0 N–H and O–H groups in total. The summed E-state index contributed by atoms with van der Waals surface area (Å²) in [6, 6.07) is 9.13. The molecule has 1 atom stereocenters. The van der Waals surface area contributed by atoms with Crippen LogP contribution in [-0.2, 0) is 23.8 Å². The maximum Gasteiger partial charge on any atom is 0.322 e. The molecule has 0 spiro atoms.